The van der Waals surface area contributed by atoms with Crippen molar-refractivity contribution in [3.63, 3.8) is 0 Å². The summed E-state index contributed by atoms with van der Waals surface area (Å²) < 4.78 is 32.9. The lowest BCUT2D eigenvalue weighted by Gasteiger charge is -2.07. The Balaban J connectivity index is 2.31. The van der Waals surface area contributed by atoms with Gasteiger partial charge in [-0.25, -0.2) is 0 Å². The first-order valence-electron chi connectivity index (χ1n) is 6.57. The van der Waals surface area contributed by atoms with Gasteiger partial charge in [0.05, 0.1) is 19.6 Å². The minimum atomic E-state index is -2.88. The molecule has 0 heterocycles. The van der Waals surface area contributed by atoms with E-state index in [0.717, 1.165) is 0 Å². The number of carbonyl (C=O) groups is 2. The van der Waals surface area contributed by atoms with Crippen molar-refractivity contribution in [3.8, 4) is 5.75 Å². The Kier molecular flexibility index (Phi) is 7.84. The van der Waals surface area contributed by atoms with Gasteiger partial charge in [-0.1, -0.05) is 12.1 Å². The van der Waals surface area contributed by atoms with Crippen molar-refractivity contribution in [2.45, 2.75) is 13.0 Å². The minimum absolute atomic E-state index is 0.0247. The van der Waals surface area contributed by atoms with Gasteiger partial charge in [-0.05, 0) is 17.7 Å². The molecule has 6 nitrogen and oxygen atoms in total. The molecule has 22 heavy (non-hydrogen) atoms. The molecule has 122 valence electrons. The lowest BCUT2D eigenvalue weighted by atomic mass is 10.1. The number of ether oxygens (including phenoxy) is 2. The van der Waals surface area contributed by atoms with E-state index in [4.69, 9.17) is 4.74 Å². The molecule has 0 spiro atoms. The molecule has 0 saturated heterocycles. The molecule has 0 aliphatic heterocycles. The van der Waals surface area contributed by atoms with Gasteiger partial charge in [0, 0.05) is 13.7 Å². The fourth-order valence-corrected chi connectivity index (χ4v) is 1.57. The van der Waals surface area contributed by atoms with Crippen LogP contribution in [0.4, 0.5) is 8.78 Å². The highest BCUT2D eigenvalue weighted by Crippen LogP contribution is 2.15. The monoisotopic (exact) mass is 316 g/mol. The van der Waals surface area contributed by atoms with Crippen molar-refractivity contribution in [3.05, 3.63) is 29.8 Å². The standard InChI is InChI=1S/C14H18F2N2O4/c1-21-7-6-17-13(20)9-18-12(19)8-10-2-4-11(5-3-10)22-14(15)16/h2-5,14H,6-9H2,1H3,(H,17,20)(H,18,19). The maximum absolute atomic E-state index is 12.0. The Bertz CT molecular complexity index is 480. The molecular weight excluding hydrogens is 298 g/mol. The van der Waals surface area contributed by atoms with Gasteiger partial charge in [0.2, 0.25) is 11.8 Å². The third-order valence-corrected chi connectivity index (χ3v) is 2.59. The summed E-state index contributed by atoms with van der Waals surface area (Å²) in [4.78, 5) is 23.0. The number of halogens is 2. The summed E-state index contributed by atoms with van der Waals surface area (Å²) in [5.74, 6) is -0.632. The largest absolute Gasteiger partial charge is 0.435 e. The van der Waals surface area contributed by atoms with E-state index in [-0.39, 0.29) is 30.5 Å². The molecule has 2 N–H and O–H groups in total. The lowest BCUT2D eigenvalue weighted by Crippen LogP contribution is -2.38. The molecule has 1 rings (SSSR count). The van der Waals surface area contributed by atoms with E-state index in [1.54, 1.807) is 0 Å². The summed E-state index contributed by atoms with van der Waals surface area (Å²) in [7, 11) is 1.52. The lowest BCUT2D eigenvalue weighted by molar-refractivity contribution is -0.125. The quantitative estimate of drug-likeness (QED) is 0.658. The van der Waals surface area contributed by atoms with Crippen LogP contribution in [0.5, 0.6) is 5.75 Å². The highest BCUT2D eigenvalue weighted by atomic mass is 19.3. The van der Waals surface area contributed by atoms with E-state index < -0.39 is 6.61 Å². The van der Waals surface area contributed by atoms with Crippen molar-refractivity contribution < 1.29 is 27.8 Å². The first-order valence-corrected chi connectivity index (χ1v) is 6.57. The second-order valence-corrected chi connectivity index (χ2v) is 4.32. The normalized spacial score (nSPS) is 10.4. The number of hydrogen-bond acceptors (Lipinski definition) is 4. The van der Waals surface area contributed by atoms with Gasteiger partial charge in [0.25, 0.3) is 0 Å². The fraction of sp³-hybridized carbons (Fsp3) is 0.429. The number of nitrogens with one attached hydrogen (secondary N) is 2. The number of rotatable bonds is 9. The molecule has 0 radical (unpaired) electrons. The van der Waals surface area contributed by atoms with Crippen molar-refractivity contribution >= 4 is 11.8 Å². The van der Waals surface area contributed by atoms with Gasteiger partial charge in [0.15, 0.2) is 0 Å². The molecule has 0 fully saturated rings. The maximum atomic E-state index is 12.0. The summed E-state index contributed by atoms with van der Waals surface area (Å²) in [6.07, 6.45) is 0.0420. The highest BCUT2D eigenvalue weighted by Gasteiger charge is 2.08. The molecule has 0 aliphatic carbocycles. The third-order valence-electron chi connectivity index (χ3n) is 2.59. The number of methoxy groups -OCH3 is 1. The zero-order chi connectivity index (χ0) is 16.4. The van der Waals surface area contributed by atoms with Crippen LogP contribution in [0.3, 0.4) is 0 Å². The van der Waals surface area contributed by atoms with Crippen molar-refractivity contribution in [2.24, 2.45) is 0 Å². The zero-order valence-electron chi connectivity index (χ0n) is 12.1. The Hall–Kier alpha value is -2.22. The molecule has 2 amide bonds. The van der Waals surface area contributed by atoms with E-state index in [9.17, 15) is 18.4 Å². The molecule has 1 aromatic carbocycles. The molecule has 0 saturated carbocycles. The first-order chi connectivity index (χ1) is 10.5. The number of amides is 2. The van der Waals surface area contributed by atoms with Gasteiger partial charge < -0.3 is 20.1 Å². The second-order valence-electron chi connectivity index (χ2n) is 4.32. The van der Waals surface area contributed by atoms with Crippen LogP contribution in [0.15, 0.2) is 24.3 Å². The summed E-state index contributed by atoms with van der Waals surface area (Å²) in [5.41, 5.74) is 0.624. The Labute approximate surface area is 126 Å². The Morgan fingerprint density at radius 1 is 1.14 bits per heavy atom. The number of benzene rings is 1. The predicted molar refractivity (Wildman–Crippen MR) is 74.7 cm³/mol. The molecular formula is C14H18F2N2O4. The van der Waals surface area contributed by atoms with Crippen LogP contribution in [0, 0.1) is 0 Å². The van der Waals surface area contributed by atoms with Gasteiger partial charge >= 0.3 is 6.61 Å². The minimum Gasteiger partial charge on any atom is -0.435 e. The fourth-order valence-electron chi connectivity index (χ4n) is 1.57. The van der Waals surface area contributed by atoms with E-state index >= 15 is 0 Å². The molecule has 1 aromatic rings. The summed E-state index contributed by atoms with van der Waals surface area (Å²) >= 11 is 0. The molecule has 0 atom stereocenters. The third kappa shape index (κ3) is 7.53. The SMILES string of the molecule is COCCNC(=O)CNC(=O)Cc1ccc(OC(F)F)cc1. The number of hydrogen-bond donors (Lipinski definition) is 2. The zero-order valence-corrected chi connectivity index (χ0v) is 12.1. The summed E-state index contributed by atoms with van der Waals surface area (Å²) in [5, 5.41) is 5.02. The van der Waals surface area contributed by atoms with Gasteiger partial charge in [0.1, 0.15) is 5.75 Å². The number of carbonyl (C=O) groups excluding carboxylic acids is 2. The van der Waals surface area contributed by atoms with Gasteiger partial charge in [-0.2, -0.15) is 8.78 Å². The smallest absolute Gasteiger partial charge is 0.387 e. The average Bonchev–Trinajstić information content (AvgIpc) is 2.47. The van der Waals surface area contributed by atoms with Crippen molar-refractivity contribution in [1.29, 1.82) is 0 Å². The molecule has 0 aliphatic rings. The Morgan fingerprint density at radius 3 is 2.41 bits per heavy atom. The average molecular weight is 316 g/mol. The molecule has 0 aromatic heterocycles. The molecule has 8 heteroatoms. The van der Waals surface area contributed by atoms with Crippen LogP contribution in [0.25, 0.3) is 0 Å². The molecule has 0 unspecified atom stereocenters. The number of alkyl halides is 2. The van der Waals surface area contributed by atoms with Crippen LogP contribution in [-0.4, -0.2) is 45.2 Å². The maximum Gasteiger partial charge on any atom is 0.387 e. The second kappa shape index (κ2) is 9.67. The van der Waals surface area contributed by atoms with Gasteiger partial charge in [-0.15, -0.1) is 0 Å². The van der Waals surface area contributed by atoms with Crippen LogP contribution < -0.4 is 15.4 Å². The summed E-state index contributed by atoms with van der Waals surface area (Å²) in [6.45, 7) is -2.25. The van der Waals surface area contributed by atoms with Gasteiger partial charge in [-0.3, -0.25) is 9.59 Å². The van der Waals surface area contributed by atoms with Crippen LogP contribution in [0.1, 0.15) is 5.56 Å². The van der Waals surface area contributed by atoms with Crippen LogP contribution in [0.2, 0.25) is 0 Å². The summed E-state index contributed by atoms with van der Waals surface area (Å²) in [6, 6.07) is 5.73. The van der Waals surface area contributed by atoms with E-state index in [2.05, 4.69) is 15.4 Å². The van der Waals surface area contributed by atoms with E-state index in [1.807, 2.05) is 0 Å². The Morgan fingerprint density at radius 2 is 1.82 bits per heavy atom. The highest BCUT2D eigenvalue weighted by molar-refractivity contribution is 5.85. The van der Waals surface area contributed by atoms with Crippen molar-refractivity contribution in [2.75, 3.05) is 26.8 Å². The van der Waals surface area contributed by atoms with Crippen molar-refractivity contribution in [1.82, 2.24) is 10.6 Å². The molecule has 0 bridgehead atoms. The first kappa shape index (κ1) is 17.8. The van der Waals surface area contributed by atoms with Crippen LogP contribution in [-0.2, 0) is 20.7 Å². The van der Waals surface area contributed by atoms with E-state index in [1.165, 1.54) is 31.4 Å². The van der Waals surface area contributed by atoms with E-state index in [0.29, 0.717) is 18.7 Å². The van der Waals surface area contributed by atoms with Crippen LogP contribution >= 0.6 is 0 Å². The topological polar surface area (TPSA) is 76.7 Å². The predicted octanol–water partition coefficient (Wildman–Crippen LogP) is 0.709.